The van der Waals surface area contributed by atoms with Gasteiger partial charge in [-0.3, -0.25) is 0 Å². The van der Waals surface area contributed by atoms with Crippen LogP contribution < -0.4 is 4.90 Å². The average molecular weight is 482 g/mol. The number of halogens is 6. The van der Waals surface area contributed by atoms with Gasteiger partial charge in [0, 0.05) is 24.8 Å². The van der Waals surface area contributed by atoms with Crippen molar-refractivity contribution in [3.05, 3.63) is 47.0 Å². The van der Waals surface area contributed by atoms with Crippen molar-refractivity contribution in [1.29, 1.82) is 0 Å². The lowest BCUT2D eigenvalue weighted by atomic mass is 10.0. The van der Waals surface area contributed by atoms with Gasteiger partial charge >= 0.3 is 21.7 Å². The van der Waals surface area contributed by atoms with Gasteiger partial charge in [-0.2, -0.15) is 30.6 Å². The zero-order valence-electron chi connectivity index (χ0n) is 16.8. The Morgan fingerprint density at radius 3 is 2.38 bits per heavy atom. The molecule has 1 aliphatic heterocycles. The van der Waals surface area contributed by atoms with Gasteiger partial charge in [0.25, 0.3) is 0 Å². The molecule has 2 aliphatic rings. The first-order valence-corrected chi connectivity index (χ1v) is 11.2. The predicted octanol–water partition coefficient (Wildman–Crippen LogP) is 4.19. The van der Waals surface area contributed by atoms with E-state index in [1.807, 2.05) is 0 Å². The molecule has 1 unspecified atom stereocenters. The number of hydrogen-bond acceptors (Lipinski definition) is 4. The van der Waals surface area contributed by atoms with Crippen LogP contribution in [0.15, 0.2) is 24.4 Å². The van der Waals surface area contributed by atoms with Gasteiger partial charge in [0.1, 0.15) is 5.82 Å². The molecule has 0 radical (unpaired) electrons. The van der Waals surface area contributed by atoms with Crippen LogP contribution in [0.25, 0.3) is 0 Å². The average Bonchev–Trinajstić information content (AvgIpc) is 3.44. The Hall–Kier alpha value is -2.28. The van der Waals surface area contributed by atoms with E-state index in [-0.39, 0.29) is 28.0 Å². The van der Waals surface area contributed by atoms with Crippen molar-refractivity contribution in [2.24, 2.45) is 5.92 Å². The highest BCUT2D eigenvalue weighted by molar-refractivity contribution is 7.89. The van der Waals surface area contributed by atoms with Gasteiger partial charge < -0.3 is 9.88 Å². The smallest absolute Gasteiger partial charge is 0.361 e. The van der Waals surface area contributed by atoms with Gasteiger partial charge in [-0.05, 0) is 49.4 Å². The first kappa shape index (κ1) is 22.9. The normalized spacial score (nSPS) is 20.8. The van der Waals surface area contributed by atoms with Crippen molar-refractivity contribution in [3.63, 3.8) is 0 Å². The molecule has 2 aromatic rings. The van der Waals surface area contributed by atoms with E-state index in [9.17, 15) is 34.8 Å². The molecule has 2 heterocycles. The molecule has 1 atom stereocenters. The fourth-order valence-electron chi connectivity index (χ4n) is 4.06. The van der Waals surface area contributed by atoms with E-state index in [0.717, 1.165) is 12.1 Å². The van der Waals surface area contributed by atoms with Crippen LogP contribution in [0, 0.1) is 12.8 Å². The summed E-state index contributed by atoms with van der Waals surface area (Å²) in [6, 6.07) is 2.17. The Balaban J connectivity index is 1.84. The van der Waals surface area contributed by atoms with Gasteiger partial charge in [0.05, 0.1) is 24.0 Å². The fourth-order valence-corrected chi connectivity index (χ4v) is 5.01. The Labute approximate surface area is 180 Å². The number of fused-ring (bicyclic) bond motifs is 1. The molecule has 1 N–H and O–H groups in total. The summed E-state index contributed by atoms with van der Waals surface area (Å²) >= 11 is 0. The maximum absolute atomic E-state index is 13.3. The van der Waals surface area contributed by atoms with Gasteiger partial charge in [-0.25, -0.2) is 13.4 Å². The number of H-pyrrole nitrogens is 1. The molecule has 0 amide bonds. The van der Waals surface area contributed by atoms with Crippen molar-refractivity contribution >= 4 is 15.7 Å². The first-order chi connectivity index (χ1) is 14.8. The number of aromatic nitrogens is 2. The third-order valence-electron chi connectivity index (χ3n) is 5.75. The number of sulfonamides is 1. The summed E-state index contributed by atoms with van der Waals surface area (Å²) in [5.41, 5.74) is -5.85. The van der Waals surface area contributed by atoms with Crippen molar-refractivity contribution in [2.45, 2.75) is 50.6 Å². The first-order valence-electron chi connectivity index (χ1n) is 9.81. The SMILES string of the molecule is Cc1ncc(CN2c3ccc(C(F)(F)F)cc3CN(S(=O)(=O)C(F)(F)F)CC2C2CC2)[nH]1. The summed E-state index contributed by atoms with van der Waals surface area (Å²) in [5, 5.41) is 0. The Kier molecular flexibility index (Phi) is 5.47. The summed E-state index contributed by atoms with van der Waals surface area (Å²) in [5.74, 6) is 0.532. The molecule has 176 valence electrons. The van der Waals surface area contributed by atoms with Crippen LogP contribution in [-0.2, 0) is 29.3 Å². The van der Waals surface area contributed by atoms with E-state index in [1.165, 1.54) is 12.3 Å². The van der Waals surface area contributed by atoms with Crippen LogP contribution in [-0.4, -0.2) is 40.8 Å². The number of benzene rings is 1. The van der Waals surface area contributed by atoms with E-state index in [2.05, 4.69) is 9.97 Å². The molecule has 4 rings (SSSR count). The molecule has 13 heteroatoms. The minimum absolute atomic E-state index is 0.0711. The number of aromatic amines is 1. The molecular weight excluding hydrogens is 462 g/mol. The molecule has 0 saturated heterocycles. The third kappa shape index (κ3) is 4.32. The van der Waals surface area contributed by atoms with Gasteiger partial charge in [0.15, 0.2) is 0 Å². The zero-order chi connectivity index (χ0) is 23.5. The second kappa shape index (κ2) is 7.65. The van der Waals surface area contributed by atoms with E-state index in [0.29, 0.717) is 24.4 Å². The van der Waals surface area contributed by atoms with Gasteiger partial charge in [-0.15, -0.1) is 0 Å². The second-order valence-corrected chi connectivity index (χ2v) is 10.0. The van der Waals surface area contributed by atoms with E-state index < -0.39 is 46.4 Å². The number of nitrogens with zero attached hydrogens (tertiary/aromatic N) is 3. The lowest BCUT2D eigenvalue weighted by molar-refractivity contribution is -0.137. The molecule has 32 heavy (non-hydrogen) atoms. The molecule has 0 bridgehead atoms. The van der Waals surface area contributed by atoms with Gasteiger partial charge in [-0.1, -0.05) is 0 Å². The fraction of sp³-hybridized carbons (Fsp3) is 0.526. The lowest BCUT2D eigenvalue weighted by Gasteiger charge is -2.34. The van der Waals surface area contributed by atoms with E-state index in [4.69, 9.17) is 0 Å². The van der Waals surface area contributed by atoms with E-state index >= 15 is 0 Å². The van der Waals surface area contributed by atoms with Crippen LogP contribution in [0.4, 0.5) is 32.0 Å². The largest absolute Gasteiger partial charge is 0.511 e. The summed E-state index contributed by atoms with van der Waals surface area (Å²) in [4.78, 5) is 8.81. The molecule has 0 spiro atoms. The monoisotopic (exact) mass is 482 g/mol. The molecule has 1 aliphatic carbocycles. The summed E-state index contributed by atoms with van der Waals surface area (Å²) in [6.07, 6.45) is -1.80. The van der Waals surface area contributed by atoms with Gasteiger partial charge in [0.2, 0.25) is 0 Å². The minimum atomic E-state index is -5.74. The zero-order valence-corrected chi connectivity index (χ0v) is 17.7. The van der Waals surface area contributed by atoms with Crippen molar-refractivity contribution < 1.29 is 34.8 Å². The molecule has 1 aromatic heterocycles. The van der Waals surface area contributed by atoms with Crippen molar-refractivity contribution in [2.75, 3.05) is 11.4 Å². The molecular formula is C19H20F6N4O2S. The minimum Gasteiger partial charge on any atom is -0.361 e. The van der Waals surface area contributed by atoms with Crippen LogP contribution in [0.2, 0.25) is 0 Å². The highest BCUT2D eigenvalue weighted by Gasteiger charge is 2.52. The molecule has 1 fully saturated rings. The Morgan fingerprint density at radius 1 is 1.16 bits per heavy atom. The highest BCUT2D eigenvalue weighted by atomic mass is 32.2. The number of nitrogens with one attached hydrogen (secondary N) is 1. The number of anilines is 1. The van der Waals surface area contributed by atoms with Crippen LogP contribution in [0.5, 0.6) is 0 Å². The summed E-state index contributed by atoms with van der Waals surface area (Å²) in [6.45, 7) is 0.574. The topological polar surface area (TPSA) is 69.3 Å². The molecule has 6 nitrogen and oxygen atoms in total. The van der Waals surface area contributed by atoms with E-state index in [1.54, 1.807) is 11.8 Å². The molecule has 1 saturated carbocycles. The number of alkyl halides is 6. The summed E-state index contributed by atoms with van der Waals surface area (Å²) in [7, 11) is -5.74. The number of rotatable bonds is 4. The Bertz CT molecular complexity index is 1110. The quantitative estimate of drug-likeness (QED) is 0.664. The maximum Gasteiger partial charge on any atom is 0.511 e. The highest BCUT2D eigenvalue weighted by Crippen LogP contribution is 2.44. The number of imidazole rings is 1. The lowest BCUT2D eigenvalue weighted by Crippen LogP contribution is -2.47. The van der Waals surface area contributed by atoms with Crippen LogP contribution in [0.3, 0.4) is 0 Å². The third-order valence-corrected chi connectivity index (χ3v) is 7.29. The second-order valence-electron chi connectivity index (χ2n) is 8.11. The number of aryl methyl sites for hydroxylation is 1. The number of hydrogen-bond donors (Lipinski definition) is 1. The summed E-state index contributed by atoms with van der Waals surface area (Å²) < 4.78 is 105. The Morgan fingerprint density at radius 2 is 1.84 bits per heavy atom. The van der Waals surface area contributed by atoms with Crippen LogP contribution >= 0.6 is 0 Å². The maximum atomic E-state index is 13.3. The standard InChI is InChI=1S/C19H20F6N4O2S/c1-11-26-7-15(27-11)9-29-16-5-4-14(18(20,21)22)6-13(16)8-28(10-17(29)12-2-3-12)32(30,31)19(23,24)25/h4-7,12,17H,2-3,8-10H2,1H3,(H,26,27). The van der Waals surface area contributed by atoms with Crippen molar-refractivity contribution in [3.8, 4) is 0 Å². The van der Waals surface area contributed by atoms with Crippen molar-refractivity contribution in [1.82, 2.24) is 14.3 Å². The predicted molar refractivity (Wildman–Crippen MR) is 103 cm³/mol. The van der Waals surface area contributed by atoms with Crippen LogP contribution in [0.1, 0.15) is 35.5 Å². The molecule has 1 aromatic carbocycles.